The van der Waals surface area contributed by atoms with Crippen LogP contribution in [-0.4, -0.2) is 12.4 Å². The molecule has 0 saturated heterocycles. The number of carbonyl (C=O) groups excluding carboxylic acids is 1. The fourth-order valence-electron chi connectivity index (χ4n) is 1.89. The third kappa shape index (κ3) is 3.61. The Morgan fingerprint density at radius 2 is 1.95 bits per heavy atom. The Balaban J connectivity index is 2.36. The van der Waals surface area contributed by atoms with E-state index in [0.29, 0.717) is 35.0 Å². The number of nitrogens with zero attached hydrogens (tertiary/aromatic N) is 1. The van der Waals surface area contributed by atoms with Gasteiger partial charge in [-0.25, -0.2) is 0 Å². The Morgan fingerprint density at radius 3 is 2.62 bits per heavy atom. The van der Waals surface area contributed by atoms with Gasteiger partial charge in [0.15, 0.2) is 5.78 Å². The minimum atomic E-state index is -0.115. The molecule has 0 heterocycles. The van der Waals surface area contributed by atoms with Crippen molar-refractivity contribution in [1.29, 1.82) is 5.26 Å². The number of hydrogen-bond acceptors (Lipinski definition) is 4. The molecule has 0 unspecified atom stereocenters. The van der Waals surface area contributed by atoms with Gasteiger partial charge in [-0.1, -0.05) is 6.07 Å². The summed E-state index contributed by atoms with van der Waals surface area (Å²) >= 11 is 0. The largest absolute Gasteiger partial charge is 0.494 e. The highest BCUT2D eigenvalue weighted by Gasteiger charge is 2.11. The highest BCUT2D eigenvalue weighted by Crippen LogP contribution is 2.29. The molecule has 0 saturated carbocycles. The Bertz CT molecular complexity index is 701. The third-order valence-electron chi connectivity index (χ3n) is 2.83. The molecular formula is C17H15NO3. The van der Waals surface area contributed by atoms with E-state index in [1.54, 1.807) is 30.3 Å². The van der Waals surface area contributed by atoms with Gasteiger partial charge >= 0.3 is 0 Å². The van der Waals surface area contributed by atoms with Gasteiger partial charge in [0, 0.05) is 6.07 Å². The second kappa shape index (κ2) is 6.58. The van der Waals surface area contributed by atoms with Crippen molar-refractivity contribution in [3.63, 3.8) is 0 Å². The molecule has 0 amide bonds. The van der Waals surface area contributed by atoms with Crippen LogP contribution in [0.4, 0.5) is 0 Å². The highest BCUT2D eigenvalue weighted by atomic mass is 16.5. The van der Waals surface area contributed by atoms with Crippen molar-refractivity contribution in [2.45, 2.75) is 13.8 Å². The third-order valence-corrected chi connectivity index (χ3v) is 2.83. The van der Waals surface area contributed by atoms with Gasteiger partial charge in [0.1, 0.15) is 17.2 Å². The number of ketones is 1. The van der Waals surface area contributed by atoms with Crippen LogP contribution in [0.3, 0.4) is 0 Å². The van der Waals surface area contributed by atoms with Crippen LogP contribution in [0, 0.1) is 11.3 Å². The van der Waals surface area contributed by atoms with E-state index in [2.05, 4.69) is 0 Å². The first-order valence-corrected chi connectivity index (χ1v) is 6.60. The van der Waals surface area contributed by atoms with Crippen molar-refractivity contribution in [3.05, 3.63) is 53.6 Å². The minimum Gasteiger partial charge on any atom is -0.494 e. The van der Waals surface area contributed by atoms with Crippen molar-refractivity contribution in [2.24, 2.45) is 0 Å². The van der Waals surface area contributed by atoms with E-state index >= 15 is 0 Å². The SMILES string of the molecule is CCOc1cccc(Oc2cc(C#N)ccc2C(C)=O)c1. The van der Waals surface area contributed by atoms with E-state index in [9.17, 15) is 4.79 Å². The van der Waals surface area contributed by atoms with Gasteiger partial charge in [-0.2, -0.15) is 5.26 Å². The van der Waals surface area contributed by atoms with E-state index in [0.717, 1.165) is 0 Å². The maximum absolute atomic E-state index is 11.6. The molecule has 2 aromatic carbocycles. The number of carbonyl (C=O) groups is 1. The summed E-state index contributed by atoms with van der Waals surface area (Å²) in [5.41, 5.74) is 0.881. The fraction of sp³-hybridized carbons (Fsp3) is 0.176. The highest BCUT2D eigenvalue weighted by molar-refractivity contribution is 5.97. The molecule has 4 nitrogen and oxygen atoms in total. The van der Waals surface area contributed by atoms with Crippen LogP contribution in [0.2, 0.25) is 0 Å². The molecule has 0 radical (unpaired) electrons. The van der Waals surface area contributed by atoms with Gasteiger partial charge in [0.25, 0.3) is 0 Å². The van der Waals surface area contributed by atoms with Crippen molar-refractivity contribution < 1.29 is 14.3 Å². The van der Waals surface area contributed by atoms with Gasteiger partial charge in [0.2, 0.25) is 0 Å². The normalized spacial score (nSPS) is 9.76. The van der Waals surface area contributed by atoms with Crippen molar-refractivity contribution in [3.8, 4) is 23.3 Å². The summed E-state index contributed by atoms with van der Waals surface area (Å²) in [6.07, 6.45) is 0. The Kier molecular flexibility index (Phi) is 4.57. The van der Waals surface area contributed by atoms with E-state index < -0.39 is 0 Å². The molecule has 0 atom stereocenters. The second-order valence-corrected chi connectivity index (χ2v) is 4.39. The zero-order valence-electron chi connectivity index (χ0n) is 11.9. The molecule has 0 N–H and O–H groups in total. The molecule has 4 heteroatoms. The first-order valence-electron chi connectivity index (χ1n) is 6.60. The molecule has 0 aliphatic heterocycles. The molecule has 106 valence electrons. The monoisotopic (exact) mass is 281 g/mol. The molecule has 0 spiro atoms. The average molecular weight is 281 g/mol. The van der Waals surface area contributed by atoms with Crippen molar-refractivity contribution in [2.75, 3.05) is 6.61 Å². The van der Waals surface area contributed by atoms with Gasteiger partial charge in [-0.15, -0.1) is 0 Å². The van der Waals surface area contributed by atoms with Crippen molar-refractivity contribution in [1.82, 2.24) is 0 Å². The van der Waals surface area contributed by atoms with Gasteiger partial charge in [0.05, 0.1) is 23.8 Å². The maximum atomic E-state index is 11.6. The molecule has 2 aromatic rings. The molecule has 0 bridgehead atoms. The zero-order valence-corrected chi connectivity index (χ0v) is 11.9. The van der Waals surface area contributed by atoms with Crippen LogP contribution < -0.4 is 9.47 Å². The topological polar surface area (TPSA) is 59.3 Å². The number of nitriles is 1. The molecule has 0 aromatic heterocycles. The summed E-state index contributed by atoms with van der Waals surface area (Å²) in [5, 5.41) is 8.96. The summed E-state index contributed by atoms with van der Waals surface area (Å²) in [6, 6.07) is 13.9. The molecule has 0 aliphatic carbocycles. The summed E-state index contributed by atoms with van der Waals surface area (Å²) in [4.78, 5) is 11.6. The lowest BCUT2D eigenvalue weighted by Crippen LogP contribution is -1.98. The van der Waals surface area contributed by atoms with Crippen LogP contribution in [0.15, 0.2) is 42.5 Å². The molecule has 2 rings (SSSR count). The van der Waals surface area contributed by atoms with Gasteiger partial charge in [-0.3, -0.25) is 4.79 Å². The van der Waals surface area contributed by atoms with E-state index in [-0.39, 0.29) is 5.78 Å². The van der Waals surface area contributed by atoms with Crippen LogP contribution >= 0.6 is 0 Å². The van der Waals surface area contributed by atoms with E-state index in [1.807, 2.05) is 25.1 Å². The lowest BCUT2D eigenvalue weighted by molar-refractivity contribution is 0.101. The minimum absolute atomic E-state index is 0.115. The molecule has 21 heavy (non-hydrogen) atoms. The number of ether oxygens (including phenoxy) is 2. The predicted octanol–water partition coefficient (Wildman–Crippen LogP) is 3.95. The summed E-state index contributed by atoms with van der Waals surface area (Å²) < 4.78 is 11.2. The Morgan fingerprint density at radius 1 is 1.19 bits per heavy atom. The first kappa shape index (κ1) is 14.6. The summed E-state index contributed by atoms with van der Waals surface area (Å²) in [5.74, 6) is 1.50. The van der Waals surface area contributed by atoms with Crippen LogP contribution in [0.1, 0.15) is 29.8 Å². The zero-order chi connectivity index (χ0) is 15.2. The molecular weight excluding hydrogens is 266 g/mol. The van der Waals surface area contributed by atoms with Crippen LogP contribution in [-0.2, 0) is 0 Å². The number of Topliss-reactive ketones (excluding diaryl/α,β-unsaturated/α-hetero) is 1. The van der Waals surface area contributed by atoms with Crippen LogP contribution in [0.5, 0.6) is 17.2 Å². The summed E-state index contributed by atoms with van der Waals surface area (Å²) in [7, 11) is 0. The Labute approximate surface area is 123 Å². The fourth-order valence-corrected chi connectivity index (χ4v) is 1.89. The molecule has 0 aliphatic rings. The van der Waals surface area contributed by atoms with E-state index in [1.165, 1.54) is 6.92 Å². The predicted molar refractivity (Wildman–Crippen MR) is 78.8 cm³/mol. The van der Waals surface area contributed by atoms with Gasteiger partial charge < -0.3 is 9.47 Å². The lowest BCUT2D eigenvalue weighted by atomic mass is 10.1. The number of benzene rings is 2. The quantitative estimate of drug-likeness (QED) is 0.778. The van der Waals surface area contributed by atoms with Gasteiger partial charge in [-0.05, 0) is 44.2 Å². The average Bonchev–Trinajstić information content (AvgIpc) is 2.47. The smallest absolute Gasteiger partial charge is 0.163 e. The first-order chi connectivity index (χ1) is 10.1. The standard InChI is InChI=1S/C17H15NO3/c1-3-20-14-5-4-6-15(10-14)21-17-9-13(11-18)7-8-16(17)12(2)19/h4-10H,3H2,1-2H3. The van der Waals surface area contributed by atoms with E-state index in [4.69, 9.17) is 14.7 Å². The molecule has 0 fully saturated rings. The lowest BCUT2D eigenvalue weighted by Gasteiger charge is -2.11. The number of rotatable bonds is 5. The van der Waals surface area contributed by atoms with Crippen molar-refractivity contribution >= 4 is 5.78 Å². The Hall–Kier alpha value is -2.80. The maximum Gasteiger partial charge on any atom is 0.163 e. The summed E-state index contributed by atoms with van der Waals surface area (Å²) in [6.45, 7) is 3.93. The van der Waals surface area contributed by atoms with Crippen LogP contribution in [0.25, 0.3) is 0 Å². The second-order valence-electron chi connectivity index (χ2n) is 4.39. The number of hydrogen-bond donors (Lipinski definition) is 0.